The number of carbonyl (C=O) groups excluding carboxylic acids is 1. The van der Waals surface area contributed by atoms with Crippen LogP contribution in [-0.4, -0.2) is 25.6 Å². The van der Waals surface area contributed by atoms with Gasteiger partial charge < -0.3 is 21.5 Å². The van der Waals surface area contributed by atoms with E-state index < -0.39 is 0 Å². The highest BCUT2D eigenvalue weighted by Gasteiger charge is 2.28. The van der Waals surface area contributed by atoms with Crippen LogP contribution >= 0.6 is 11.6 Å². The lowest BCUT2D eigenvalue weighted by Gasteiger charge is -2.14. The zero-order chi connectivity index (χ0) is 14.0. The fourth-order valence-corrected chi connectivity index (χ4v) is 2.08. The number of nitrogens with one attached hydrogen (secondary N) is 1. The monoisotopic (exact) mass is 283 g/mol. The quantitative estimate of drug-likeness (QED) is 0.713. The van der Waals surface area contributed by atoms with Gasteiger partial charge in [0.25, 0.3) is 5.91 Å². The molecule has 1 atom stereocenters. The van der Waals surface area contributed by atoms with Crippen molar-refractivity contribution >= 4 is 23.2 Å². The van der Waals surface area contributed by atoms with Crippen LogP contribution in [0.25, 0.3) is 0 Å². The van der Waals surface area contributed by atoms with Crippen LogP contribution in [0.1, 0.15) is 23.2 Å². The summed E-state index contributed by atoms with van der Waals surface area (Å²) >= 11 is 5.92. The predicted molar refractivity (Wildman–Crippen MR) is 75.4 cm³/mol. The molecule has 1 aromatic rings. The van der Waals surface area contributed by atoms with E-state index in [9.17, 15) is 4.79 Å². The van der Waals surface area contributed by atoms with Crippen LogP contribution in [0.2, 0.25) is 5.02 Å². The number of benzene rings is 1. The minimum atomic E-state index is -0.255. The third kappa shape index (κ3) is 3.30. The molecule has 5 nitrogen and oxygen atoms in total. The van der Waals surface area contributed by atoms with Crippen molar-refractivity contribution in [1.82, 2.24) is 5.32 Å². The van der Waals surface area contributed by atoms with Crippen LogP contribution in [0.5, 0.6) is 5.75 Å². The molecule has 1 aliphatic rings. The molecule has 1 amide bonds. The Hall–Kier alpha value is -1.46. The molecular formula is C13H18ClN3O2. The fourth-order valence-electron chi connectivity index (χ4n) is 1.91. The first-order valence-electron chi connectivity index (χ1n) is 6.19. The molecule has 0 spiro atoms. The highest BCUT2D eigenvalue weighted by Crippen LogP contribution is 2.31. The molecule has 2 rings (SSSR count). The average molecular weight is 284 g/mol. The number of methoxy groups -OCH3 is 1. The van der Waals surface area contributed by atoms with Gasteiger partial charge in [-0.3, -0.25) is 4.79 Å². The first-order valence-corrected chi connectivity index (χ1v) is 6.57. The van der Waals surface area contributed by atoms with Crippen molar-refractivity contribution in [2.45, 2.75) is 18.9 Å². The summed E-state index contributed by atoms with van der Waals surface area (Å²) in [7, 11) is 1.48. The number of halogens is 1. The van der Waals surface area contributed by atoms with E-state index in [0.29, 0.717) is 34.5 Å². The summed E-state index contributed by atoms with van der Waals surface area (Å²) < 4.78 is 5.14. The molecule has 104 valence electrons. The van der Waals surface area contributed by atoms with Gasteiger partial charge in [0.1, 0.15) is 5.75 Å². The summed E-state index contributed by atoms with van der Waals surface area (Å²) in [5.74, 6) is 0.687. The van der Waals surface area contributed by atoms with Crippen molar-refractivity contribution < 1.29 is 9.53 Å². The molecule has 19 heavy (non-hydrogen) atoms. The van der Waals surface area contributed by atoms with E-state index in [-0.39, 0.29) is 11.9 Å². The Morgan fingerprint density at radius 3 is 2.84 bits per heavy atom. The van der Waals surface area contributed by atoms with Gasteiger partial charge in [-0.1, -0.05) is 11.6 Å². The minimum absolute atomic E-state index is 0.0131. The van der Waals surface area contributed by atoms with Crippen LogP contribution in [0.15, 0.2) is 12.1 Å². The molecule has 1 aliphatic carbocycles. The number of anilines is 1. The molecule has 1 saturated carbocycles. The Morgan fingerprint density at radius 1 is 1.58 bits per heavy atom. The number of nitrogen functional groups attached to an aromatic ring is 1. The van der Waals surface area contributed by atoms with Crippen LogP contribution in [0.3, 0.4) is 0 Å². The van der Waals surface area contributed by atoms with E-state index in [1.54, 1.807) is 0 Å². The summed E-state index contributed by atoms with van der Waals surface area (Å²) in [5.41, 5.74) is 12.4. The lowest BCUT2D eigenvalue weighted by atomic mass is 10.1. The number of hydrogen-bond donors (Lipinski definition) is 3. The number of ether oxygens (including phenoxy) is 1. The van der Waals surface area contributed by atoms with Gasteiger partial charge in [-0.05, 0) is 24.8 Å². The first kappa shape index (κ1) is 14.0. The lowest BCUT2D eigenvalue weighted by Crippen LogP contribution is -2.38. The van der Waals surface area contributed by atoms with Crippen LogP contribution in [-0.2, 0) is 0 Å². The second-order valence-corrected chi connectivity index (χ2v) is 5.19. The summed E-state index contributed by atoms with van der Waals surface area (Å²) in [4.78, 5) is 12.1. The molecule has 1 unspecified atom stereocenters. The molecule has 0 aromatic heterocycles. The van der Waals surface area contributed by atoms with Crippen LogP contribution < -0.4 is 21.5 Å². The zero-order valence-corrected chi connectivity index (χ0v) is 11.5. The number of amides is 1. The first-order chi connectivity index (χ1) is 9.02. The second-order valence-electron chi connectivity index (χ2n) is 4.79. The SMILES string of the molecule is COc1cc(N)c(Cl)cc1C(=O)NCC(N)C1CC1. The Labute approximate surface area is 117 Å². The van der Waals surface area contributed by atoms with Gasteiger partial charge in [0.05, 0.1) is 23.4 Å². The largest absolute Gasteiger partial charge is 0.496 e. The van der Waals surface area contributed by atoms with Crippen molar-refractivity contribution in [3.63, 3.8) is 0 Å². The van der Waals surface area contributed by atoms with E-state index in [1.165, 1.54) is 19.2 Å². The number of hydrogen-bond acceptors (Lipinski definition) is 4. The van der Waals surface area contributed by atoms with E-state index in [0.717, 1.165) is 12.8 Å². The maximum absolute atomic E-state index is 12.1. The molecule has 0 radical (unpaired) electrons. The van der Waals surface area contributed by atoms with Gasteiger partial charge in [-0.15, -0.1) is 0 Å². The Bertz CT molecular complexity index is 489. The van der Waals surface area contributed by atoms with Crippen LogP contribution in [0.4, 0.5) is 5.69 Å². The third-order valence-corrected chi connectivity index (χ3v) is 3.62. The topological polar surface area (TPSA) is 90.4 Å². The average Bonchev–Trinajstić information content (AvgIpc) is 3.22. The van der Waals surface area contributed by atoms with Crippen molar-refractivity contribution in [1.29, 1.82) is 0 Å². The molecule has 0 heterocycles. The minimum Gasteiger partial charge on any atom is -0.496 e. The molecule has 6 heteroatoms. The van der Waals surface area contributed by atoms with Gasteiger partial charge in [0, 0.05) is 18.7 Å². The predicted octanol–water partition coefficient (Wildman–Crippen LogP) is 1.40. The molecule has 0 bridgehead atoms. The maximum Gasteiger partial charge on any atom is 0.255 e. The Morgan fingerprint density at radius 2 is 2.26 bits per heavy atom. The summed E-state index contributed by atoms with van der Waals surface area (Å²) in [6, 6.07) is 3.06. The van der Waals surface area contributed by atoms with Crippen molar-refractivity contribution in [3.8, 4) is 5.75 Å². The van der Waals surface area contributed by atoms with Gasteiger partial charge >= 0.3 is 0 Å². The van der Waals surface area contributed by atoms with E-state index in [4.69, 9.17) is 27.8 Å². The van der Waals surface area contributed by atoms with E-state index >= 15 is 0 Å². The standard InChI is InChI=1S/C13H18ClN3O2/c1-19-12-5-10(15)9(14)4-8(12)13(18)17-6-11(16)7-2-3-7/h4-5,7,11H,2-3,6,15-16H2,1H3,(H,17,18). The van der Waals surface area contributed by atoms with E-state index in [2.05, 4.69) is 5.32 Å². The number of nitrogens with two attached hydrogens (primary N) is 2. The third-order valence-electron chi connectivity index (χ3n) is 3.29. The summed E-state index contributed by atoms with van der Waals surface area (Å²) in [6.45, 7) is 0.453. The number of carbonyl (C=O) groups is 1. The van der Waals surface area contributed by atoms with Crippen molar-refractivity contribution in [2.24, 2.45) is 11.7 Å². The fraction of sp³-hybridized carbons (Fsp3) is 0.462. The van der Waals surface area contributed by atoms with Gasteiger partial charge in [0.15, 0.2) is 0 Å². The maximum atomic E-state index is 12.1. The normalized spacial score (nSPS) is 15.9. The summed E-state index contributed by atoms with van der Waals surface area (Å²) in [5, 5.41) is 3.13. The Balaban J connectivity index is 2.06. The van der Waals surface area contributed by atoms with E-state index in [1.807, 2.05) is 0 Å². The smallest absolute Gasteiger partial charge is 0.255 e. The van der Waals surface area contributed by atoms with Gasteiger partial charge in [-0.25, -0.2) is 0 Å². The van der Waals surface area contributed by atoms with Gasteiger partial charge in [0.2, 0.25) is 0 Å². The molecule has 1 aromatic carbocycles. The highest BCUT2D eigenvalue weighted by atomic mass is 35.5. The second kappa shape index (κ2) is 5.67. The van der Waals surface area contributed by atoms with Gasteiger partial charge in [-0.2, -0.15) is 0 Å². The summed E-state index contributed by atoms with van der Waals surface area (Å²) in [6.07, 6.45) is 2.29. The molecule has 0 aliphatic heterocycles. The molecular weight excluding hydrogens is 266 g/mol. The molecule has 1 fully saturated rings. The molecule has 5 N–H and O–H groups in total. The highest BCUT2D eigenvalue weighted by molar-refractivity contribution is 6.33. The van der Waals surface area contributed by atoms with Crippen LogP contribution in [0, 0.1) is 5.92 Å². The molecule has 0 saturated heterocycles. The van der Waals surface area contributed by atoms with Crippen molar-refractivity contribution in [3.05, 3.63) is 22.7 Å². The van der Waals surface area contributed by atoms with Crippen molar-refractivity contribution in [2.75, 3.05) is 19.4 Å². The number of rotatable bonds is 5. The lowest BCUT2D eigenvalue weighted by molar-refractivity contribution is 0.0947. The zero-order valence-electron chi connectivity index (χ0n) is 10.8. The Kier molecular flexibility index (Phi) is 4.17.